The Morgan fingerprint density at radius 1 is 1.24 bits per heavy atom. The molecule has 0 unspecified atom stereocenters. The summed E-state index contributed by atoms with van der Waals surface area (Å²) >= 11 is 5.77. The highest BCUT2D eigenvalue weighted by Crippen LogP contribution is 2.18. The summed E-state index contributed by atoms with van der Waals surface area (Å²) < 4.78 is 27.0. The van der Waals surface area contributed by atoms with Crippen LogP contribution in [0.2, 0.25) is 5.02 Å². The molecule has 0 aliphatic rings. The molecule has 7 heteroatoms. The van der Waals surface area contributed by atoms with Crippen LogP contribution in [0.15, 0.2) is 41.4 Å². The first kappa shape index (κ1) is 15.9. The normalized spacial score (nSPS) is 11.5. The lowest BCUT2D eigenvalue weighted by Crippen LogP contribution is -2.14. The van der Waals surface area contributed by atoms with E-state index in [9.17, 15) is 8.42 Å². The van der Waals surface area contributed by atoms with Crippen molar-refractivity contribution in [3.63, 3.8) is 0 Å². The minimum absolute atomic E-state index is 0.214. The summed E-state index contributed by atoms with van der Waals surface area (Å²) in [5, 5.41) is 3.77. The number of aromatic amines is 1. The molecule has 1 aromatic carbocycles. The van der Waals surface area contributed by atoms with Crippen molar-refractivity contribution in [3.05, 3.63) is 47.2 Å². The second-order valence-corrected chi connectivity index (χ2v) is 6.77. The zero-order valence-corrected chi connectivity index (χ0v) is 13.3. The van der Waals surface area contributed by atoms with Gasteiger partial charge in [0, 0.05) is 29.1 Å². The minimum Gasteiger partial charge on any atom is -0.363 e. The van der Waals surface area contributed by atoms with Gasteiger partial charge in [0.1, 0.15) is 4.90 Å². The van der Waals surface area contributed by atoms with Crippen LogP contribution in [0, 0.1) is 0 Å². The fraction of sp³-hybridized carbons (Fsp3) is 0.286. The van der Waals surface area contributed by atoms with Gasteiger partial charge >= 0.3 is 0 Å². The number of hydrogen-bond donors (Lipinski definition) is 3. The van der Waals surface area contributed by atoms with Crippen molar-refractivity contribution >= 4 is 27.3 Å². The van der Waals surface area contributed by atoms with Gasteiger partial charge in [0.15, 0.2) is 0 Å². The van der Waals surface area contributed by atoms with E-state index in [-0.39, 0.29) is 4.90 Å². The van der Waals surface area contributed by atoms with E-state index in [1.165, 1.54) is 6.20 Å². The number of sulfonamides is 1. The molecule has 1 aromatic heterocycles. The van der Waals surface area contributed by atoms with Crippen molar-refractivity contribution in [1.82, 2.24) is 10.3 Å². The molecule has 0 aliphatic carbocycles. The Hall–Kier alpha value is -1.50. The summed E-state index contributed by atoms with van der Waals surface area (Å²) in [5.74, 6) is 0. The Morgan fingerprint density at radius 2 is 1.95 bits per heavy atom. The molecule has 0 atom stereocenters. The lowest BCUT2D eigenvalue weighted by molar-refractivity contribution is 0.601. The molecule has 0 bridgehead atoms. The Bertz CT molecular complexity index is 680. The predicted octanol–water partition coefficient (Wildman–Crippen LogP) is 2.97. The van der Waals surface area contributed by atoms with Crippen molar-refractivity contribution in [3.8, 4) is 0 Å². The molecule has 5 nitrogen and oxygen atoms in total. The molecule has 0 aliphatic heterocycles. The maximum absolute atomic E-state index is 12.2. The van der Waals surface area contributed by atoms with Crippen LogP contribution < -0.4 is 10.0 Å². The maximum atomic E-state index is 12.2. The van der Waals surface area contributed by atoms with Crippen molar-refractivity contribution in [1.29, 1.82) is 0 Å². The van der Waals surface area contributed by atoms with Crippen LogP contribution in [0.1, 0.15) is 19.0 Å². The Balaban J connectivity index is 2.07. The summed E-state index contributed by atoms with van der Waals surface area (Å²) in [5.41, 5.74) is 1.31. The molecule has 0 amide bonds. The second-order valence-electron chi connectivity index (χ2n) is 4.65. The number of rotatable bonds is 7. The van der Waals surface area contributed by atoms with Gasteiger partial charge in [-0.1, -0.05) is 18.5 Å². The first-order valence-electron chi connectivity index (χ1n) is 6.67. The first-order valence-corrected chi connectivity index (χ1v) is 8.54. The van der Waals surface area contributed by atoms with E-state index in [1.54, 1.807) is 30.3 Å². The maximum Gasteiger partial charge on any atom is 0.263 e. The zero-order chi connectivity index (χ0) is 15.3. The monoisotopic (exact) mass is 327 g/mol. The topological polar surface area (TPSA) is 74.0 Å². The van der Waals surface area contributed by atoms with E-state index in [2.05, 4.69) is 21.9 Å². The van der Waals surface area contributed by atoms with Crippen LogP contribution in [-0.2, 0) is 16.6 Å². The summed E-state index contributed by atoms with van der Waals surface area (Å²) in [6.07, 6.45) is 2.52. The highest BCUT2D eigenvalue weighted by Gasteiger charge is 2.16. The average Bonchev–Trinajstić information content (AvgIpc) is 2.91. The molecule has 0 spiro atoms. The highest BCUT2D eigenvalue weighted by molar-refractivity contribution is 7.92. The van der Waals surface area contributed by atoms with Gasteiger partial charge in [-0.05, 0) is 43.3 Å². The molecule has 0 radical (unpaired) electrons. The van der Waals surface area contributed by atoms with E-state index in [0.717, 1.165) is 18.7 Å². The molecular formula is C14H18ClN3O2S. The van der Waals surface area contributed by atoms with Crippen molar-refractivity contribution in [2.75, 3.05) is 11.3 Å². The molecule has 2 rings (SSSR count). The summed E-state index contributed by atoms with van der Waals surface area (Å²) in [6.45, 7) is 3.59. The van der Waals surface area contributed by atoms with Crippen molar-refractivity contribution in [2.45, 2.75) is 24.8 Å². The van der Waals surface area contributed by atoms with Crippen LogP contribution in [0.5, 0.6) is 0 Å². The number of anilines is 1. The van der Waals surface area contributed by atoms with Gasteiger partial charge in [0.2, 0.25) is 0 Å². The van der Waals surface area contributed by atoms with Crippen molar-refractivity contribution < 1.29 is 8.42 Å². The molecule has 2 aromatic rings. The summed E-state index contributed by atoms with van der Waals surface area (Å²) in [4.78, 5) is 3.18. The molecule has 0 saturated carbocycles. The third-order valence-electron chi connectivity index (χ3n) is 2.87. The molecule has 3 N–H and O–H groups in total. The molecule has 0 saturated heterocycles. The third-order valence-corrected chi connectivity index (χ3v) is 4.48. The van der Waals surface area contributed by atoms with Crippen LogP contribution in [0.4, 0.5) is 5.69 Å². The number of benzene rings is 1. The SMILES string of the molecule is CCCNCc1cc(S(=O)(=O)Nc2ccc(Cl)cc2)c[nH]1. The Kier molecular flexibility index (Phi) is 5.27. The van der Waals surface area contributed by atoms with E-state index in [1.807, 2.05) is 0 Å². The lowest BCUT2D eigenvalue weighted by atomic mass is 10.3. The van der Waals surface area contributed by atoms with E-state index >= 15 is 0 Å². The quantitative estimate of drug-likeness (QED) is 0.684. The summed E-state index contributed by atoms with van der Waals surface area (Å²) in [7, 11) is -3.59. The summed E-state index contributed by atoms with van der Waals surface area (Å²) in [6, 6.07) is 8.14. The van der Waals surface area contributed by atoms with E-state index in [0.29, 0.717) is 17.3 Å². The Labute approximate surface area is 129 Å². The molecule has 21 heavy (non-hydrogen) atoms. The number of aromatic nitrogens is 1. The number of H-pyrrole nitrogens is 1. The highest BCUT2D eigenvalue weighted by atomic mass is 35.5. The van der Waals surface area contributed by atoms with E-state index in [4.69, 9.17) is 11.6 Å². The Morgan fingerprint density at radius 3 is 2.62 bits per heavy atom. The third kappa shape index (κ3) is 4.49. The van der Waals surface area contributed by atoms with Crippen LogP contribution in [0.3, 0.4) is 0 Å². The van der Waals surface area contributed by atoms with Gasteiger partial charge < -0.3 is 10.3 Å². The number of halogens is 1. The fourth-order valence-corrected chi connectivity index (χ4v) is 3.01. The fourth-order valence-electron chi connectivity index (χ4n) is 1.81. The standard InChI is InChI=1S/C14H18ClN3O2S/c1-2-7-16-9-13-8-14(10-17-13)21(19,20)18-12-5-3-11(15)4-6-12/h3-6,8,10,16-18H,2,7,9H2,1H3. The van der Waals surface area contributed by atoms with Gasteiger partial charge in [0.05, 0.1) is 0 Å². The average molecular weight is 328 g/mol. The van der Waals surface area contributed by atoms with Crippen molar-refractivity contribution in [2.24, 2.45) is 0 Å². The van der Waals surface area contributed by atoms with Crippen LogP contribution in [0.25, 0.3) is 0 Å². The second kappa shape index (κ2) is 6.98. The largest absolute Gasteiger partial charge is 0.363 e. The smallest absolute Gasteiger partial charge is 0.263 e. The van der Waals surface area contributed by atoms with Gasteiger partial charge in [0.25, 0.3) is 10.0 Å². The van der Waals surface area contributed by atoms with Gasteiger partial charge in [-0.15, -0.1) is 0 Å². The number of hydrogen-bond acceptors (Lipinski definition) is 3. The molecule has 1 heterocycles. The molecule has 114 valence electrons. The zero-order valence-electron chi connectivity index (χ0n) is 11.7. The van der Waals surface area contributed by atoms with Gasteiger partial charge in [-0.2, -0.15) is 0 Å². The van der Waals surface area contributed by atoms with E-state index < -0.39 is 10.0 Å². The minimum atomic E-state index is -3.59. The first-order chi connectivity index (χ1) is 10.0. The number of nitrogens with one attached hydrogen (secondary N) is 3. The molecular weight excluding hydrogens is 310 g/mol. The van der Waals surface area contributed by atoms with Crippen LogP contribution in [-0.4, -0.2) is 19.9 Å². The lowest BCUT2D eigenvalue weighted by Gasteiger charge is -2.06. The predicted molar refractivity (Wildman–Crippen MR) is 85.1 cm³/mol. The van der Waals surface area contributed by atoms with Crippen LogP contribution >= 0.6 is 11.6 Å². The van der Waals surface area contributed by atoms with Gasteiger partial charge in [-0.3, -0.25) is 4.72 Å². The molecule has 0 fully saturated rings. The van der Waals surface area contributed by atoms with Gasteiger partial charge in [-0.25, -0.2) is 8.42 Å².